The second kappa shape index (κ2) is 8.15. The molecule has 0 spiro atoms. The molecule has 2 amide bonds. The number of anilines is 2. The van der Waals surface area contributed by atoms with Crippen LogP contribution in [0, 0.1) is 12.3 Å². The lowest BCUT2D eigenvalue weighted by Gasteiger charge is -2.20. The van der Waals surface area contributed by atoms with E-state index in [1.54, 1.807) is 25.3 Å². The van der Waals surface area contributed by atoms with Crippen molar-refractivity contribution < 1.29 is 19.1 Å². The van der Waals surface area contributed by atoms with Gasteiger partial charge in [-0.2, -0.15) is 0 Å². The predicted molar refractivity (Wildman–Crippen MR) is 114 cm³/mol. The molecule has 0 atom stereocenters. The van der Waals surface area contributed by atoms with Crippen molar-refractivity contribution in [2.45, 2.75) is 39.5 Å². The van der Waals surface area contributed by atoms with E-state index < -0.39 is 5.41 Å². The molecule has 0 unspecified atom stereocenters. The van der Waals surface area contributed by atoms with Crippen molar-refractivity contribution in [2.24, 2.45) is 5.41 Å². The fourth-order valence-electron chi connectivity index (χ4n) is 3.41. The highest BCUT2D eigenvalue weighted by atomic mass is 16.5. The Morgan fingerprint density at radius 3 is 2.28 bits per heavy atom. The number of nitrogens with one attached hydrogen (secondary N) is 2. The number of benzene rings is 2. The number of ether oxygens (including phenoxy) is 2. The van der Waals surface area contributed by atoms with Crippen LogP contribution in [0.1, 0.15) is 43.7 Å². The summed E-state index contributed by atoms with van der Waals surface area (Å²) in [5.74, 6) is 0.762. The van der Waals surface area contributed by atoms with Gasteiger partial charge in [0.15, 0.2) is 0 Å². The second-order valence-corrected chi connectivity index (χ2v) is 7.75. The first-order chi connectivity index (χ1) is 13.8. The monoisotopic (exact) mass is 396 g/mol. The van der Waals surface area contributed by atoms with Crippen LogP contribution in [0.25, 0.3) is 0 Å². The highest BCUT2D eigenvalue weighted by Crippen LogP contribution is 2.48. The van der Waals surface area contributed by atoms with E-state index in [4.69, 9.17) is 9.47 Å². The maximum absolute atomic E-state index is 13.1. The maximum Gasteiger partial charge on any atom is 0.240 e. The van der Waals surface area contributed by atoms with Crippen LogP contribution in [0.4, 0.5) is 11.4 Å². The van der Waals surface area contributed by atoms with Crippen LogP contribution in [-0.2, 0) is 9.59 Å². The number of methoxy groups -OCH3 is 2. The van der Waals surface area contributed by atoms with Crippen LogP contribution in [-0.4, -0.2) is 26.0 Å². The van der Waals surface area contributed by atoms with Gasteiger partial charge in [-0.15, -0.1) is 0 Å². The van der Waals surface area contributed by atoms with Gasteiger partial charge in [0.2, 0.25) is 11.8 Å². The molecule has 29 heavy (non-hydrogen) atoms. The third-order valence-corrected chi connectivity index (χ3v) is 5.44. The fraction of sp³-hybridized carbons (Fsp3) is 0.391. The van der Waals surface area contributed by atoms with Gasteiger partial charge in [0.1, 0.15) is 16.9 Å². The summed E-state index contributed by atoms with van der Waals surface area (Å²) in [4.78, 5) is 26.1. The van der Waals surface area contributed by atoms with Gasteiger partial charge in [-0.05, 0) is 48.9 Å². The molecule has 6 nitrogen and oxygen atoms in total. The Morgan fingerprint density at radius 2 is 1.69 bits per heavy atom. The first kappa shape index (κ1) is 20.7. The van der Waals surface area contributed by atoms with E-state index in [2.05, 4.69) is 24.5 Å². The SMILES string of the molecule is COc1ccc(OC)c(NC(=O)C2(C(=O)Nc3c(C)cccc3C(C)C)CC2)c1. The number of hydrogen-bond acceptors (Lipinski definition) is 4. The van der Waals surface area contributed by atoms with Crippen molar-refractivity contribution in [1.29, 1.82) is 0 Å². The summed E-state index contributed by atoms with van der Waals surface area (Å²) >= 11 is 0. The maximum atomic E-state index is 13.1. The molecule has 0 radical (unpaired) electrons. The summed E-state index contributed by atoms with van der Waals surface area (Å²) in [5.41, 5.74) is 2.25. The average Bonchev–Trinajstić information content (AvgIpc) is 3.51. The van der Waals surface area contributed by atoms with Gasteiger partial charge in [0.25, 0.3) is 0 Å². The number of amides is 2. The summed E-state index contributed by atoms with van der Waals surface area (Å²) in [6.45, 7) is 6.13. The Balaban J connectivity index is 1.82. The number of carbonyl (C=O) groups excluding carboxylic acids is 2. The lowest BCUT2D eigenvalue weighted by atomic mass is 9.97. The van der Waals surface area contributed by atoms with Crippen LogP contribution < -0.4 is 20.1 Å². The largest absolute Gasteiger partial charge is 0.497 e. The number of carbonyl (C=O) groups is 2. The molecule has 2 aromatic carbocycles. The Bertz CT molecular complexity index is 932. The van der Waals surface area contributed by atoms with Crippen LogP contribution in [0.2, 0.25) is 0 Å². The van der Waals surface area contributed by atoms with Gasteiger partial charge >= 0.3 is 0 Å². The second-order valence-electron chi connectivity index (χ2n) is 7.75. The molecule has 1 saturated carbocycles. The number of rotatable bonds is 7. The van der Waals surface area contributed by atoms with E-state index in [9.17, 15) is 9.59 Å². The van der Waals surface area contributed by atoms with Crippen LogP contribution in [0.3, 0.4) is 0 Å². The van der Waals surface area contributed by atoms with Gasteiger partial charge in [0.05, 0.1) is 19.9 Å². The number of aryl methyl sites for hydroxylation is 1. The summed E-state index contributed by atoms with van der Waals surface area (Å²) in [6.07, 6.45) is 1.03. The highest BCUT2D eigenvalue weighted by Gasteiger charge is 2.56. The molecule has 2 N–H and O–H groups in total. The van der Waals surface area contributed by atoms with Crippen molar-refractivity contribution in [3.63, 3.8) is 0 Å². The van der Waals surface area contributed by atoms with Gasteiger partial charge in [-0.3, -0.25) is 9.59 Å². The van der Waals surface area contributed by atoms with E-state index >= 15 is 0 Å². The predicted octanol–water partition coefficient (Wildman–Crippen LogP) is 4.49. The van der Waals surface area contributed by atoms with Crippen molar-refractivity contribution in [2.75, 3.05) is 24.9 Å². The van der Waals surface area contributed by atoms with Gasteiger partial charge < -0.3 is 20.1 Å². The van der Waals surface area contributed by atoms with Crippen molar-refractivity contribution in [1.82, 2.24) is 0 Å². The van der Waals surface area contributed by atoms with Crippen LogP contribution in [0.15, 0.2) is 36.4 Å². The minimum Gasteiger partial charge on any atom is -0.497 e. The summed E-state index contributed by atoms with van der Waals surface area (Å²) in [5, 5.41) is 5.88. The average molecular weight is 396 g/mol. The molecule has 0 aromatic heterocycles. The summed E-state index contributed by atoms with van der Waals surface area (Å²) < 4.78 is 10.5. The first-order valence-electron chi connectivity index (χ1n) is 9.77. The smallest absolute Gasteiger partial charge is 0.240 e. The Labute approximate surface area is 171 Å². The molecule has 0 saturated heterocycles. The van der Waals surface area contributed by atoms with E-state index in [-0.39, 0.29) is 17.7 Å². The Hall–Kier alpha value is -3.02. The lowest BCUT2D eigenvalue weighted by molar-refractivity contribution is -0.131. The molecule has 1 fully saturated rings. The molecule has 1 aliphatic carbocycles. The minimum atomic E-state index is -1.06. The zero-order valence-electron chi connectivity index (χ0n) is 17.6. The normalized spacial score (nSPS) is 14.3. The van der Waals surface area contributed by atoms with Crippen molar-refractivity contribution >= 4 is 23.2 Å². The van der Waals surface area contributed by atoms with Crippen LogP contribution in [0.5, 0.6) is 11.5 Å². The lowest BCUT2D eigenvalue weighted by Crippen LogP contribution is -2.36. The van der Waals surface area contributed by atoms with E-state index in [0.717, 1.165) is 16.8 Å². The topological polar surface area (TPSA) is 76.7 Å². The fourth-order valence-corrected chi connectivity index (χ4v) is 3.41. The van der Waals surface area contributed by atoms with Gasteiger partial charge in [-0.1, -0.05) is 32.0 Å². The van der Waals surface area contributed by atoms with Gasteiger partial charge in [0, 0.05) is 11.8 Å². The zero-order chi connectivity index (χ0) is 21.2. The number of hydrogen-bond donors (Lipinski definition) is 2. The molecule has 2 aromatic rings. The standard InChI is InChI=1S/C23H28N2O4/c1-14(2)17-8-6-7-15(3)20(17)25-22(27)23(11-12-23)21(26)24-18-13-16(28-4)9-10-19(18)29-5/h6-10,13-14H,11-12H2,1-5H3,(H,24,26)(H,25,27). The van der Waals surface area contributed by atoms with E-state index in [1.807, 2.05) is 25.1 Å². The molecular weight excluding hydrogens is 368 g/mol. The molecule has 3 rings (SSSR count). The molecule has 0 bridgehead atoms. The van der Waals surface area contributed by atoms with Gasteiger partial charge in [-0.25, -0.2) is 0 Å². The summed E-state index contributed by atoms with van der Waals surface area (Å²) in [7, 11) is 3.08. The number of para-hydroxylation sites is 1. The van der Waals surface area contributed by atoms with Crippen molar-refractivity contribution in [3.05, 3.63) is 47.5 Å². The van der Waals surface area contributed by atoms with E-state index in [1.165, 1.54) is 7.11 Å². The molecule has 1 aliphatic rings. The van der Waals surface area contributed by atoms with Crippen LogP contribution >= 0.6 is 0 Å². The first-order valence-corrected chi connectivity index (χ1v) is 9.77. The van der Waals surface area contributed by atoms with E-state index in [0.29, 0.717) is 30.0 Å². The minimum absolute atomic E-state index is 0.259. The van der Waals surface area contributed by atoms with Crippen molar-refractivity contribution in [3.8, 4) is 11.5 Å². The molecule has 0 heterocycles. The zero-order valence-corrected chi connectivity index (χ0v) is 17.6. The molecule has 6 heteroatoms. The third kappa shape index (κ3) is 4.06. The quantitative estimate of drug-likeness (QED) is 0.676. The molecule has 0 aliphatic heterocycles. The molecular formula is C23H28N2O4. The highest BCUT2D eigenvalue weighted by molar-refractivity contribution is 6.17. The Morgan fingerprint density at radius 1 is 1.00 bits per heavy atom. The molecule has 154 valence electrons. The Kier molecular flexibility index (Phi) is 5.82. The third-order valence-electron chi connectivity index (χ3n) is 5.44. The summed E-state index contributed by atoms with van der Waals surface area (Å²) in [6, 6.07) is 11.1.